The Labute approximate surface area is 101 Å². The maximum atomic E-state index is 5.87. The Bertz CT molecular complexity index is 149. The number of hydrogen-bond acceptors (Lipinski definition) is 4. The number of rotatable bonds is 10. The van der Waals surface area contributed by atoms with Crippen molar-refractivity contribution in [2.24, 2.45) is 0 Å². The van der Waals surface area contributed by atoms with Crippen molar-refractivity contribution in [3.05, 3.63) is 0 Å². The van der Waals surface area contributed by atoms with Crippen molar-refractivity contribution in [3.63, 3.8) is 0 Å². The molecule has 0 heterocycles. The molecule has 98 valence electrons. The number of hydrogen-bond donors (Lipinski definition) is 0. The summed E-state index contributed by atoms with van der Waals surface area (Å²) in [6.45, 7) is 11.6. The minimum atomic E-state index is -2.90. The van der Waals surface area contributed by atoms with Crippen LogP contribution in [0.1, 0.15) is 47.5 Å². The van der Waals surface area contributed by atoms with Crippen molar-refractivity contribution >= 4 is 9.05 Å². The minimum absolute atomic E-state index is 0.112. The van der Waals surface area contributed by atoms with E-state index in [1.54, 1.807) is 0 Å². The molecule has 0 N–H and O–H groups in total. The van der Waals surface area contributed by atoms with Gasteiger partial charge in [0, 0.05) is 25.9 Å². The molecule has 0 aromatic rings. The molecule has 0 spiro atoms. The Kier molecular flexibility index (Phi) is 9.16. The van der Waals surface area contributed by atoms with Crippen LogP contribution < -0.4 is 0 Å². The van der Waals surface area contributed by atoms with E-state index in [4.69, 9.17) is 17.7 Å². The van der Waals surface area contributed by atoms with Crippen LogP contribution in [0, 0.1) is 0 Å². The summed E-state index contributed by atoms with van der Waals surface area (Å²) in [5, 5.41) is 0. The molecule has 1 unspecified atom stereocenters. The highest BCUT2D eigenvalue weighted by Gasteiger charge is 2.46. The molecule has 0 fully saturated rings. The molecule has 16 heavy (non-hydrogen) atoms. The summed E-state index contributed by atoms with van der Waals surface area (Å²) in [7, 11) is -2.90. The Morgan fingerprint density at radius 3 is 1.62 bits per heavy atom. The molecule has 0 aromatic heterocycles. The summed E-state index contributed by atoms with van der Waals surface area (Å²) in [6, 6.07) is 0. The van der Waals surface area contributed by atoms with Crippen LogP contribution >= 0.6 is 0 Å². The van der Waals surface area contributed by atoms with E-state index in [0.29, 0.717) is 19.8 Å². The van der Waals surface area contributed by atoms with Crippen molar-refractivity contribution in [1.29, 1.82) is 0 Å². The lowest BCUT2D eigenvalue weighted by Gasteiger charge is -2.29. The fraction of sp³-hybridized carbons (Fsp3) is 1.00. The minimum Gasteiger partial charge on any atom is -0.351 e. The average Bonchev–Trinajstić information content (AvgIpc) is 2.18. The van der Waals surface area contributed by atoms with Crippen LogP contribution in [0.5, 0.6) is 0 Å². The molecule has 0 bridgehead atoms. The largest absolute Gasteiger partial charge is 0.679 e. The van der Waals surface area contributed by atoms with Gasteiger partial charge in [0.15, 0.2) is 0 Å². The van der Waals surface area contributed by atoms with Gasteiger partial charge in [0.05, 0.1) is 0 Å². The molecular formula is C11H26O4Si. The van der Waals surface area contributed by atoms with Gasteiger partial charge in [0.2, 0.25) is 0 Å². The summed E-state index contributed by atoms with van der Waals surface area (Å²) in [5.41, 5.74) is 0. The van der Waals surface area contributed by atoms with Crippen LogP contribution in [0.25, 0.3) is 0 Å². The second-order valence-corrected chi connectivity index (χ2v) is 5.62. The van der Waals surface area contributed by atoms with Crippen LogP contribution in [0.4, 0.5) is 0 Å². The van der Waals surface area contributed by atoms with Crippen molar-refractivity contribution in [2.75, 3.05) is 19.8 Å². The predicted molar refractivity (Wildman–Crippen MR) is 66.1 cm³/mol. The van der Waals surface area contributed by atoms with E-state index >= 15 is 0 Å². The second kappa shape index (κ2) is 9.12. The first-order valence-corrected chi connectivity index (χ1v) is 7.87. The van der Waals surface area contributed by atoms with E-state index in [0.717, 1.165) is 12.8 Å². The molecule has 0 amide bonds. The van der Waals surface area contributed by atoms with Gasteiger partial charge in [0.25, 0.3) is 0 Å². The highest BCUT2D eigenvalue weighted by atomic mass is 28.4. The van der Waals surface area contributed by atoms with Gasteiger partial charge in [-0.2, -0.15) is 0 Å². The molecule has 4 nitrogen and oxygen atoms in total. The van der Waals surface area contributed by atoms with Gasteiger partial charge >= 0.3 is 9.05 Å². The van der Waals surface area contributed by atoms with E-state index in [-0.39, 0.29) is 6.10 Å². The smallest absolute Gasteiger partial charge is 0.351 e. The van der Waals surface area contributed by atoms with Gasteiger partial charge in [-0.25, -0.2) is 0 Å². The van der Waals surface area contributed by atoms with Crippen molar-refractivity contribution in [1.82, 2.24) is 0 Å². The molecule has 1 atom stereocenters. The fourth-order valence-electron chi connectivity index (χ4n) is 1.47. The molecular weight excluding hydrogens is 224 g/mol. The zero-order valence-electron chi connectivity index (χ0n) is 11.2. The van der Waals surface area contributed by atoms with E-state index < -0.39 is 9.05 Å². The Balaban J connectivity index is 4.44. The van der Waals surface area contributed by atoms with Gasteiger partial charge in [-0.3, -0.25) is 0 Å². The normalized spacial score (nSPS) is 14.1. The van der Waals surface area contributed by atoms with Gasteiger partial charge in [-0.1, -0.05) is 13.3 Å². The Morgan fingerprint density at radius 1 is 0.875 bits per heavy atom. The highest BCUT2D eigenvalue weighted by Crippen LogP contribution is 2.16. The molecule has 0 aliphatic heterocycles. The van der Waals surface area contributed by atoms with Crippen LogP contribution in [0.3, 0.4) is 0 Å². The Hall–Kier alpha value is 0.0569. The van der Waals surface area contributed by atoms with Crippen LogP contribution in [-0.4, -0.2) is 35.0 Å². The zero-order chi connectivity index (χ0) is 12.4. The maximum Gasteiger partial charge on any atom is 0.679 e. The summed E-state index contributed by atoms with van der Waals surface area (Å²) in [6.07, 6.45) is 2.18. The maximum absolute atomic E-state index is 5.87. The second-order valence-electron chi connectivity index (χ2n) is 3.52. The molecule has 0 aromatic carbocycles. The lowest BCUT2D eigenvalue weighted by Crippen LogP contribution is -2.51. The van der Waals surface area contributed by atoms with E-state index in [1.165, 1.54) is 0 Å². The summed E-state index contributed by atoms with van der Waals surface area (Å²) in [4.78, 5) is 0. The van der Waals surface area contributed by atoms with Gasteiger partial charge in [-0.05, 0) is 34.1 Å². The third kappa shape index (κ3) is 5.96. The van der Waals surface area contributed by atoms with Crippen LogP contribution in [0.2, 0.25) is 0 Å². The summed E-state index contributed by atoms with van der Waals surface area (Å²) >= 11 is 0. The predicted octanol–water partition coefficient (Wildman–Crippen LogP) is 2.74. The van der Waals surface area contributed by atoms with Gasteiger partial charge < -0.3 is 17.7 Å². The lowest BCUT2D eigenvalue weighted by molar-refractivity contribution is -0.0477. The lowest BCUT2D eigenvalue weighted by atomic mass is 10.2. The molecule has 0 rings (SSSR count). The molecule has 0 radical (unpaired) electrons. The molecule has 0 saturated heterocycles. The first kappa shape index (κ1) is 16.1. The van der Waals surface area contributed by atoms with E-state index in [9.17, 15) is 0 Å². The molecule has 0 saturated carbocycles. The SMILES string of the molecule is CCCC(C)O[Si](OCC)(OCC)OCC. The molecule has 0 aliphatic rings. The third-order valence-electron chi connectivity index (χ3n) is 2.00. The van der Waals surface area contributed by atoms with Crippen molar-refractivity contribution in [2.45, 2.75) is 53.6 Å². The molecule has 5 heteroatoms. The quantitative estimate of drug-likeness (QED) is 0.559. The topological polar surface area (TPSA) is 36.9 Å². The summed E-state index contributed by atoms with van der Waals surface area (Å²) < 4.78 is 22.7. The monoisotopic (exact) mass is 250 g/mol. The van der Waals surface area contributed by atoms with Gasteiger partial charge in [-0.15, -0.1) is 0 Å². The average molecular weight is 250 g/mol. The molecule has 0 aliphatic carbocycles. The first-order chi connectivity index (χ1) is 7.64. The van der Waals surface area contributed by atoms with E-state index in [1.807, 2.05) is 27.7 Å². The fourth-order valence-corrected chi connectivity index (χ4v) is 3.59. The third-order valence-corrected chi connectivity index (χ3v) is 4.62. The highest BCUT2D eigenvalue weighted by molar-refractivity contribution is 6.53. The summed E-state index contributed by atoms with van der Waals surface area (Å²) in [5.74, 6) is 0. The Morgan fingerprint density at radius 2 is 1.31 bits per heavy atom. The van der Waals surface area contributed by atoms with Crippen LogP contribution in [-0.2, 0) is 17.7 Å². The van der Waals surface area contributed by atoms with E-state index in [2.05, 4.69) is 6.92 Å². The standard InChI is InChI=1S/C11H26O4Si/c1-6-10-11(5)15-16(12-7-2,13-8-3)14-9-4/h11H,6-10H2,1-5H3. The zero-order valence-corrected chi connectivity index (χ0v) is 12.2. The van der Waals surface area contributed by atoms with Crippen molar-refractivity contribution < 1.29 is 17.7 Å². The van der Waals surface area contributed by atoms with Crippen molar-refractivity contribution in [3.8, 4) is 0 Å². The van der Waals surface area contributed by atoms with Gasteiger partial charge in [0.1, 0.15) is 0 Å². The van der Waals surface area contributed by atoms with Crippen LogP contribution in [0.15, 0.2) is 0 Å². The first-order valence-electron chi connectivity index (χ1n) is 6.23.